The third kappa shape index (κ3) is 3.23. The number of pyridine rings is 1. The van der Waals surface area contributed by atoms with Crippen LogP contribution in [0.5, 0.6) is 5.75 Å². The van der Waals surface area contributed by atoms with Crippen LogP contribution in [0.15, 0.2) is 42.7 Å². The second-order valence-corrected chi connectivity index (χ2v) is 4.55. The molecule has 4 nitrogen and oxygen atoms in total. The minimum absolute atomic E-state index is 0.0430. The van der Waals surface area contributed by atoms with E-state index in [1.54, 1.807) is 12.4 Å². The molecule has 0 aliphatic rings. The van der Waals surface area contributed by atoms with Crippen molar-refractivity contribution >= 4 is 17.5 Å². The van der Waals surface area contributed by atoms with Crippen LogP contribution < -0.4 is 5.32 Å². The van der Waals surface area contributed by atoms with Crippen molar-refractivity contribution in [1.82, 2.24) is 10.3 Å². The number of rotatable bonds is 3. The van der Waals surface area contributed by atoms with Crippen molar-refractivity contribution in [3.63, 3.8) is 0 Å². The van der Waals surface area contributed by atoms with E-state index in [1.165, 1.54) is 18.2 Å². The number of benzene rings is 1. The predicted molar refractivity (Wildman–Crippen MR) is 73.2 cm³/mol. The van der Waals surface area contributed by atoms with E-state index < -0.39 is 0 Å². The summed E-state index contributed by atoms with van der Waals surface area (Å²) in [4.78, 5) is 16.0. The largest absolute Gasteiger partial charge is 0.506 e. The van der Waals surface area contributed by atoms with Crippen molar-refractivity contribution in [2.45, 2.75) is 13.0 Å². The molecule has 2 aromatic rings. The molecule has 2 rings (SSSR count). The lowest BCUT2D eigenvalue weighted by Crippen LogP contribution is -2.26. The highest BCUT2D eigenvalue weighted by Crippen LogP contribution is 2.24. The van der Waals surface area contributed by atoms with E-state index >= 15 is 0 Å². The van der Waals surface area contributed by atoms with E-state index in [9.17, 15) is 9.90 Å². The van der Waals surface area contributed by atoms with Gasteiger partial charge in [-0.25, -0.2) is 0 Å². The summed E-state index contributed by atoms with van der Waals surface area (Å²) < 4.78 is 0. The Morgan fingerprint density at radius 1 is 1.42 bits per heavy atom. The van der Waals surface area contributed by atoms with Crippen LogP contribution in [0, 0.1) is 0 Å². The molecule has 0 bridgehead atoms. The third-order valence-corrected chi connectivity index (χ3v) is 3.04. The fourth-order valence-corrected chi connectivity index (χ4v) is 1.82. The van der Waals surface area contributed by atoms with Gasteiger partial charge < -0.3 is 10.4 Å². The summed E-state index contributed by atoms with van der Waals surface area (Å²) in [6.07, 6.45) is 3.38. The van der Waals surface area contributed by atoms with Gasteiger partial charge in [0.05, 0.1) is 11.1 Å². The van der Waals surface area contributed by atoms with Gasteiger partial charge in [-0.2, -0.15) is 0 Å². The van der Waals surface area contributed by atoms with Gasteiger partial charge in [0.25, 0.3) is 5.91 Å². The highest BCUT2D eigenvalue weighted by Gasteiger charge is 2.12. The Labute approximate surface area is 116 Å². The van der Waals surface area contributed by atoms with Gasteiger partial charge in [0.1, 0.15) is 5.75 Å². The first-order valence-corrected chi connectivity index (χ1v) is 6.15. The number of hydrogen-bond acceptors (Lipinski definition) is 3. The number of nitrogens with one attached hydrogen (secondary N) is 1. The van der Waals surface area contributed by atoms with E-state index in [0.29, 0.717) is 5.56 Å². The molecule has 1 atom stereocenters. The lowest BCUT2D eigenvalue weighted by atomic mass is 10.1. The van der Waals surface area contributed by atoms with Crippen LogP contribution >= 0.6 is 11.6 Å². The van der Waals surface area contributed by atoms with Crippen molar-refractivity contribution < 1.29 is 9.90 Å². The fourth-order valence-electron chi connectivity index (χ4n) is 1.64. The fraction of sp³-hybridized carbons (Fsp3) is 0.143. The summed E-state index contributed by atoms with van der Waals surface area (Å²) in [6.45, 7) is 1.87. The summed E-state index contributed by atoms with van der Waals surface area (Å²) in [6, 6.07) is 7.89. The van der Waals surface area contributed by atoms with Crippen LogP contribution in [0.25, 0.3) is 0 Å². The Morgan fingerprint density at radius 3 is 2.84 bits per heavy atom. The maximum absolute atomic E-state index is 12.0. The molecule has 0 radical (unpaired) electrons. The van der Waals surface area contributed by atoms with Crippen molar-refractivity contribution in [2.75, 3.05) is 0 Å². The summed E-state index contributed by atoms with van der Waals surface area (Å²) in [7, 11) is 0. The van der Waals surface area contributed by atoms with E-state index in [-0.39, 0.29) is 22.7 Å². The molecule has 1 aromatic carbocycles. The van der Waals surface area contributed by atoms with Gasteiger partial charge in [-0.15, -0.1) is 0 Å². The van der Waals surface area contributed by atoms with E-state index in [4.69, 9.17) is 11.6 Å². The SMILES string of the molecule is CC(NC(=O)c1ccc(O)c(Cl)c1)c1cccnc1. The number of phenolic OH excluding ortho intramolecular Hbond substituents is 1. The molecule has 2 N–H and O–H groups in total. The van der Waals surface area contributed by atoms with Crippen LogP contribution in [0.2, 0.25) is 5.02 Å². The van der Waals surface area contributed by atoms with E-state index in [0.717, 1.165) is 5.56 Å². The second-order valence-electron chi connectivity index (χ2n) is 4.15. The molecular weight excluding hydrogens is 264 g/mol. The summed E-state index contributed by atoms with van der Waals surface area (Å²) in [5.74, 6) is -0.295. The average Bonchev–Trinajstić information content (AvgIpc) is 2.42. The first-order chi connectivity index (χ1) is 9.08. The normalized spacial score (nSPS) is 11.9. The number of hydrogen-bond donors (Lipinski definition) is 2. The molecular formula is C14H13ClN2O2. The molecule has 1 unspecified atom stereocenters. The Bertz CT molecular complexity index is 587. The average molecular weight is 277 g/mol. The highest BCUT2D eigenvalue weighted by atomic mass is 35.5. The smallest absolute Gasteiger partial charge is 0.251 e. The van der Waals surface area contributed by atoms with Gasteiger partial charge in [-0.05, 0) is 36.8 Å². The zero-order valence-corrected chi connectivity index (χ0v) is 11.1. The topological polar surface area (TPSA) is 62.2 Å². The monoisotopic (exact) mass is 276 g/mol. The lowest BCUT2D eigenvalue weighted by molar-refractivity contribution is 0.0940. The number of aromatic nitrogens is 1. The Hall–Kier alpha value is -2.07. The van der Waals surface area contributed by atoms with Gasteiger partial charge in [0.2, 0.25) is 0 Å². The summed E-state index contributed by atoms with van der Waals surface area (Å²) >= 11 is 5.77. The highest BCUT2D eigenvalue weighted by molar-refractivity contribution is 6.32. The molecule has 0 aliphatic carbocycles. The van der Waals surface area contributed by atoms with Gasteiger partial charge >= 0.3 is 0 Å². The second kappa shape index (κ2) is 5.71. The standard InChI is InChI=1S/C14H13ClN2O2/c1-9(11-3-2-6-16-8-11)17-14(19)10-4-5-13(18)12(15)7-10/h2-9,18H,1H3,(H,17,19). The van der Waals surface area contributed by atoms with Crippen molar-refractivity contribution in [2.24, 2.45) is 0 Å². The Kier molecular flexibility index (Phi) is 4.02. The molecule has 0 spiro atoms. The molecule has 0 saturated carbocycles. The molecule has 0 aliphatic heterocycles. The van der Waals surface area contributed by atoms with Crippen LogP contribution in [0.1, 0.15) is 28.9 Å². The maximum atomic E-state index is 12.0. The summed E-state index contributed by atoms with van der Waals surface area (Å²) in [5.41, 5.74) is 1.32. The molecule has 1 amide bonds. The molecule has 0 saturated heterocycles. The predicted octanol–water partition coefficient (Wildman–Crippen LogP) is 2.93. The number of carbonyl (C=O) groups excluding carboxylic acids is 1. The number of phenols is 1. The quantitative estimate of drug-likeness (QED) is 0.906. The molecule has 98 valence electrons. The minimum atomic E-state index is -0.252. The first-order valence-electron chi connectivity index (χ1n) is 5.77. The van der Waals surface area contributed by atoms with Gasteiger partial charge in [0.15, 0.2) is 0 Å². The van der Waals surface area contributed by atoms with Gasteiger partial charge in [-0.3, -0.25) is 9.78 Å². The number of aromatic hydroxyl groups is 1. The number of carbonyl (C=O) groups is 1. The zero-order valence-electron chi connectivity index (χ0n) is 10.3. The van der Waals surface area contributed by atoms with Gasteiger partial charge in [0, 0.05) is 18.0 Å². The van der Waals surface area contributed by atoms with Crippen LogP contribution in [-0.4, -0.2) is 16.0 Å². The molecule has 1 heterocycles. The van der Waals surface area contributed by atoms with E-state index in [1.807, 2.05) is 19.1 Å². The molecule has 5 heteroatoms. The maximum Gasteiger partial charge on any atom is 0.251 e. The van der Waals surface area contributed by atoms with Gasteiger partial charge in [-0.1, -0.05) is 17.7 Å². The van der Waals surface area contributed by atoms with Crippen LogP contribution in [0.3, 0.4) is 0 Å². The van der Waals surface area contributed by atoms with E-state index in [2.05, 4.69) is 10.3 Å². The van der Waals surface area contributed by atoms with Crippen LogP contribution in [-0.2, 0) is 0 Å². The Balaban J connectivity index is 2.11. The molecule has 19 heavy (non-hydrogen) atoms. The van der Waals surface area contributed by atoms with Crippen molar-refractivity contribution in [3.8, 4) is 5.75 Å². The van der Waals surface area contributed by atoms with Crippen LogP contribution in [0.4, 0.5) is 0 Å². The lowest BCUT2D eigenvalue weighted by Gasteiger charge is -2.14. The molecule has 0 fully saturated rings. The summed E-state index contributed by atoms with van der Waals surface area (Å²) in [5, 5.41) is 12.3. The van der Waals surface area contributed by atoms with Crippen molar-refractivity contribution in [3.05, 3.63) is 58.9 Å². The van der Waals surface area contributed by atoms with Crippen molar-refractivity contribution in [1.29, 1.82) is 0 Å². The molecule has 1 aromatic heterocycles. The first kappa shape index (κ1) is 13.4. The number of halogens is 1. The number of nitrogens with zero attached hydrogens (tertiary/aromatic N) is 1. The minimum Gasteiger partial charge on any atom is -0.506 e. The third-order valence-electron chi connectivity index (χ3n) is 2.74. The Morgan fingerprint density at radius 2 is 2.21 bits per heavy atom. The number of amides is 1. The zero-order chi connectivity index (χ0) is 13.8.